The summed E-state index contributed by atoms with van der Waals surface area (Å²) in [5.74, 6) is 0.638. The predicted octanol–water partition coefficient (Wildman–Crippen LogP) is 6.00. The number of imide groups is 1. The number of fused-ring (bicyclic) bond motifs is 1. The van der Waals surface area contributed by atoms with Gasteiger partial charge in [-0.1, -0.05) is 37.1 Å². The predicted molar refractivity (Wildman–Crippen MR) is 241 cm³/mol. The van der Waals surface area contributed by atoms with E-state index in [1.54, 1.807) is 12.1 Å². The number of nitrogens with zero attached hydrogens (tertiary/aromatic N) is 8. The molecule has 10 rings (SSSR count). The minimum absolute atomic E-state index is 0.0774. The molecular formula is C47H55FN12O3. The molecule has 4 saturated heterocycles. The third kappa shape index (κ3) is 9.05. The molecule has 328 valence electrons. The standard InChI is InChI=1S/C47H55FN12O3/c48-39-26-34(50-40-16-17-42(61)54-45(40)63)12-15-38(39)31-18-20-56(21-19-31)30-43(62)59-28-37(29-59)58-24-22-57(23-25-58)35-13-10-33(11-14-35)51-46-49-27-41-44(55-46)60(36-8-4-5-9-36)47(53-41)52-32-6-2-1-3-7-32/h1-3,6-7,10-15,26-27,31,36-37,40,50H,4-5,8-9,16-25,28-30H2,(H,52,53)(H,49,51,55)(H,54,61,63). The highest BCUT2D eigenvalue weighted by Gasteiger charge is 2.37. The van der Waals surface area contributed by atoms with E-state index in [1.165, 1.54) is 24.6 Å². The Kier molecular flexibility index (Phi) is 11.6. The molecule has 1 unspecified atom stereocenters. The van der Waals surface area contributed by atoms with Crippen molar-refractivity contribution >= 4 is 63.5 Å². The van der Waals surface area contributed by atoms with Crippen molar-refractivity contribution in [1.29, 1.82) is 0 Å². The lowest BCUT2D eigenvalue weighted by Gasteiger charge is -2.49. The van der Waals surface area contributed by atoms with Gasteiger partial charge in [-0.25, -0.2) is 14.4 Å². The molecule has 5 aromatic rings. The number of piperazine rings is 1. The highest BCUT2D eigenvalue weighted by Crippen LogP contribution is 2.36. The molecule has 0 bridgehead atoms. The lowest BCUT2D eigenvalue weighted by atomic mass is 9.89. The molecule has 63 heavy (non-hydrogen) atoms. The van der Waals surface area contributed by atoms with E-state index >= 15 is 4.39 Å². The Labute approximate surface area is 366 Å². The number of hydrogen-bond donors (Lipinski definition) is 4. The fourth-order valence-electron chi connectivity index (χ4n) is 9.99. The molecule has 0 spiro atoms. The Bertz CT molecular complexity index is 2440. The largest absolute Gasteiger partial charge is 0.374 e. The molecule has 2 aromatic heterocycles. The van der Waals surface area contributed by atoms with Crippen LogP contribution in [0.15, 0.2) is 79.0 Å². The number of rotatable bonds is 12. The van der Waals surface area contributed by atoms with Crippen LogP contribution in [0, 0.1) is 5.82 Å². The van der Waals surface area contributed by atoms with Crippen LogP contribution in [0.1, 0.15) is 68.9 Å². The summed E-state index contributed by atoms with van der Waals surface area (Å²) in [6.07, 6.45) is 8.65. The molecule has 5 aliphatic rings. The first-order chi connectivity index (χ1) is 30.8. The lowest BCUT2D eigenvalue weighted by Crippen LogP contribution is -2.65. The zero-order valence-corrected chi connectivity index (χ0v) is 35.5. The van der Waals surface area contributed by atoms with E-state index in [-0.39, 0.29) is 35.9 Å². The van der Waals surface area contributed by atoms with E-state index in [1.807, 2.05) is 41.4 Å². The van der Waals surface area contributed by atoms with Gasteiger partial charge in [0.2, 0.25) is 29.6 Å². The summed E-state index contributed by atoms with van der Waals surface area (Å²) in [5.41, 5.74) is 5.92. The molecule has 3 aromatic carbocycles. The average molecular weight is 855 g/mol. The summed E-state index contributed by atoms with van der Waals surface area (Å²) < 4.78 is 17.5. The van der Waals surface area contributed by atoms with Gasteiger partial charge in [-0.3, -0.25) is 34.1 Å². The van der Waals surface area contributed by atoms with E-state index in [0.717, 1.165) is 107 Å². The fourth-order valence-corrected chi connectivity index (χ4v) is 9.99. The van der Waals surface area contributed by atoms with Crippen LogP contribution in [0.5, 0.6) is 0 Å². The van der Waals surface area contributed by atoms with Gasteiger partial charge in [0.1, 0.15) is 17.4 Å². The van der Waals surface area contributed by atoms with Gasteiger partial charge in [0, 0.05) is 80.5 Å². The first kappa shape index (κ1) is 40.9. The molecule has 4 aliphatic heterocycles. The number of halogens is 1. The van der Waals surface area contributed by atoms with E-state index in [0.29, 0.717) is 42.2 Å². The number of imidazole rings is 1. The molecule has 16 heteroatoms. The number of anilines is 6. The summed E-state index contributed by atoms with van der Waals surface area (Å²) in [7, 11) is 0. The van der Waals surface area contributed by atoms with E-state index in [9.17, 15) is 14.4 Å². The molecule has 5 fully saturated rings. The Morgan fingerprint density at radius 1 is 0.778 bits per heavy atom. The van der Waals surface area contributed by atoms with Crippen molar-refractivity contribution in [1.82, 2.24) is 39.5 Å². The van der Waals surface area contributed by atoms with Crippen molar-refractivity contribution < 1.29 is 18.8 Å². The van der Waals surface area contributed by atoms with Gasteiger partial charge in [0.05, 0.1) is 12.7 Å². The van der Waals surface area contributed by atoms with Crippen molar-refractivity contribution in [2.24, 2.45) is 0 Å². The number of nitrogens with one attached hydrogen (secondary N) is 4. The van der Waals surface area contributed by atoms with Crippen LogP contribution in [-0.2, 0) is 14.4 Å². The van der Waals surface area contributed by atoms with E-state index in [4.69, 9.17) is 9.97 Å². The molecule has 6 heterocycles. The van der Waals surface area contributed by atoms with Gasteiger partial charge in [-0.15, -0.1) is 0 Å². The maximum atomic E-state index is 15.2. The summed E-state index contributed by atoms with van der Waals surface area (Å²) in [4.78, 5) is 60.5. The first-order valence-corrected chi connectivity index (χ1v) is 22.6. The van der Waals surface area contributed by atoms with Crippen molar-refractivity contribution in [3.8, 4) is 0 Å². The van der Waals surface area contributed by atoms with E-state index in [2.05, 4.69) is 69.8 Å². The number of hydrogen-bond acceptors (Lipinski definition) is 12. The number of carbonyl (C=O) groups excluding carboxylic acids is 3. The maximum Gasteiger partial charge on any atom is 0.249 e. The van der Waals surface area contributed by atoms with Gasteiger partial charge in [-0.2, -0.15) is 4.98 Å². The summed E-state index contributed by atoms with van der Waals surface area (Å²) in [6.45, 7) is 7.17. The normalized spacial score (nSPS) is 20.8. The topological polar surface area (TPSA) is 156 Å². The molecular weight excluding hydrogens is 800 g/mol. The number of amides is 3. The summed E-state index contributed by atoms with van der Waals surface area (Å²) >= 11 is 0. The fraction of sp³-hybridized carbons (Fsp3) is 0.447. The van der Waals surface area contributed by atoms with Crippen molar-refractivity contribution in [3.05, 3.63) is 90.4 Å². The third-order valence-corrected chi connectivity index (χ3v) is 13.7. The third-order valence-electron chi connectivity index (χ3n) is 13.7. The number of benzene rings is 3. The number of aromatic nitrogens is 4. The summed E-state index contributed by atoms with van der Waals surface area (Å²) in [5, 5.41) is 12.3. The Morgan fingerprint density at radius 2 is 1.51 bits per heavy atom. The molecule has 1 saturated carbocycles. The van der Waals surface area contributed by atoms with Gasteiger partial charge >= 0.3 is 0 Å². The first-order valence-electron chi connectivity index (χ1n) is 22.6. The molecule has 3 amide bonds. The zero-order chi connectivity index (χ0) is 42.9. The van der Waals surface area contributed by atoms with Crippen molar-refractivity contribution in [3.63, 3.8) is 0 Å². The molecule has 1 atom stereocenters. The maximum absolute atomic E-state index is 15.2. The SMILES string of the molecule is O=C1CCC(Nc2ccc(C3CCN(CC(=O)N4CC(N5CCN(c6ccc(Nc7ncc8nc(Nc9ccccc9)n(C9CCCC9)c8n7)cc6)CC5)C4)CC3)c(F)c2)C(=O)N1. The number of likely N-dealkylation sites (tertiary alicyclic amines) is 2. The quantitative estimate of drug-likeness (QED) is 0.109. The Hall–Kier alpha value is -6.13. The van der Waals surface area contributed by atoms with Crippen LogP contribution in [0.4, 0.5) is 39.0 Å². The zero-order valence-electron chi connectivity index (χ0n) is 35.5. The highest BCUT2D eigenvalue weighted by atomic mass is 19.1. The van der Waals surface area contributed by atoms with Crippen LogP contribution >= 0.6 is 0 Å². The minimum Gasteiger partial charge on any atom is -0.374 e. The Morgan fingerprint density at radius 3 is 2.24 bits per heavy atom. The molecule has 1 aliphatic carbocycles. The van der Waals surface area contributed by atoms with Gasteiger partial charge in [-0.05, 0) is 105 Å². The number of carbonyl (C=O) groups is 3. The highest BCUT2D eigenvalue weighted by molar-refractivity contribution is 6.01. The second-order valence-corrected chi connectivity index (χ2v) is 17.7. The van der Waals surface area contributed by atoms with Crippen LogP contribution in [-0.4, -0.2) is 123 Å². The van der Waals surface area contributed by atoms with Crippen LogP contribution in [0.2, 0.25) is 0 Å². The molecule has 4 N–H and O–H groups in total. The van der Waals surface area contributed by atoms with Crippen LogP contribution in [0.25, 0.3) is 11.2 Å². The van der Waals surface area contributed by atoms with Crippen LogP contribution in [0.3, 0.4) is 0 Å². The van der Waals surface area contributed by atoms with Crippen LogP contribution < -0.4 is 26.2 Å². The molecule has 15 nitrogen and oxygen atoms in total. The number of piperidine rings is 2. The van der Waals surface area contributed by atoms with Gasteiger partial charge < -0.3 is 25.8 Å². The second-order valence-electron chi connectivity index (χ2n) is 17.7. The smallest absolute Gasteiger partial charge is 0.249 e. The Balaban J connectivity index is 0.663. The van der Waals surface area contributed by atoms with Gasteiger partial charge in [0.25, 0.3) is 0 Å². The monoisotopic (exact) mass is 854 g/mol. The second kappa shape index (κ2) is 17.9. The van der Waals surface area contributed by atoms with Crippen molar-refractivity contribution in [2.75, 3.05) is 79.8 Å². The molecule has 0 radical (unpaired) electrons. The summed E-state index contributed by atoms with van der Waals surface area (Å²) in [6, 6.07) is 23.9. The lowest BCUT2D eigenvalue weighted by molar-refractivity contribution is -0.140. The number of para-hydroxylation sites is 1. The average Bonchev–Trinajstić information content (AvgIpc) is 3.93. The van der Waals surface area contributed by atoms with E-state index < -0.39 is 6.04 Å². The van der Waals surface area contributed by atoms with Crippen molar-refractivity contribution in [2.45, 2.75) is 75.4 Å². The minimum atomic E-state index is -0.554. The van der Waals surface area contributed by atoms with Gasteiger partial charge in [0.15, 0.2) is 5.65 Å².